The van der Waals surface area contributed by atoms with Crippen molar-refractivity contribution >= 4 is 5.78 Å². The Labute approximate surface area is 84.1 Å². The van der Waals surface area contributed by atoms with Gasteiger partial charge in [0.1, 0.15) is 0 Å². The highest BCUT2D eigenvalue weighted by Crippen LogP contribution is 2.33. The Hall–Kier alpha value is -1.15. The molecule has 1 aliphatic carbocycles. The second-order valence-corrected chi connectivity index (χ2v) is 4.18. The molecule has 2 nitrogen and oxygen atoms in total. The first-order valence-corrected chi connectivity index (χ1v) is 5.07. The van der Waals surface area contributed by atoms with E-state index in [1.807, 2.05) is 30.3 Å². The Bertz CT molecular complexity index is 327. The lowest BCUT2D eigenvalue weighted by molar-refractivity contribution is 0.0912. The Kier molecular flexibility index (Phi) is 2.38. The first kappa shape index (κ1) is 9.41. The quantitative estimate of drug-likeness (QED) is 0.740. The molecule has 0 bridgehead atoms. The fourth-order valence-corrected chi connectivity index (χ4v) is 1.85. The van der Waals surface area contributed by atoms with Gasteiger partial charge in [-0.3, -0.25) is 4.79 Å². The molecule has 14 heavy (non-hydrogen) atoms. The van der Waals surface area contributed by atoms with Gasteiger partial charge in [-0.1, -0.05) is 30.3 Å². The smallest absolute Gasteiger partial charge is 0.164 e. The second-order valence-electron chi connectivity index (χ2n) is 4.18. The standard InChI is InChI=1S/C12H15NO/c13-12(7-4-8-12)9-11(14)10-5-2-1-3-6-10/h1-3,5-6H,4,7-9,13H2. The van der Waals surface area contributed by atoms with Gasteiger partial charge in [0.25, 0.3) is 0 Å². The van der Waals surface area contributed by atoms with Crippen LogP contribution in [0.1, 0.15) is 36.0 Å². The van der Waals surface area contributed by atoms with Gasteiger partial charge in [0.15, 0.2) is 5.78 Å². The lowest BCUT2D eigenvalue weighted by Crippen LogP contribution is -2.48. The Morgan fingerprint density at radius 3 is 2.43 bits per heavy atom. The minimum atomic E-state index is -0.201. The average Bonchev–Trinajstić information content (AvgIpc) is 2.17. The van der Waals surface area contributed by atoms with Crippen LogP contribution in [-0.4, -0.2) is 11.3 Å². The molecule has 0 unspecified atom stereocenters. The first-order chi connectivity index (χ1) is 6.70. The molecule has 1 fully saturated rings. The first-order valence-electron chi connectivity index (χ1n) is 5.07. The van der Waals surface area contributed by atoms with E-state index in [0.717, 1.165) is 18.4 Å². The summed E-state index contributed by atoms with van der Waals surface area (Å²) in [7, 11) is 0. The van der Waals surface area contributed by atoms with Crippen LogP contribution in [-0.2, 0) is 0 Å². The summed E-state index contributed by atoms with van der Waals surface area (Å²) in [4.78, 5) is 11.8. The van der Waals surface area contributed by atoms with E-state index in [4.69, 9.17) is 5.73 Å². The van der Waals surface area contributed by atoms with Crippen molar-refractivity contribution < 1.29 is 4.79 Å². The van der Waals surface area contributed by atoms with Crippen molar-refractivity contribution in [3.8, 4) is 0 Å². The van der Waals surface area contributed by atoms with Gasteiger partial charge in [0.2, 0.25) is 0 Å². The maximum atomic E-state index is 11.8. The van der Waals surface area contributed by atoms with Gasteiger partial charge in [-0.2, -0.15) is 0 Å². The van der Waals surface area contributed by atoms with E-state index in [-0.39, 0.29) is 11.3 Å². The highest BCUT2D eigenvalue weighted by atomic mass is 16.1. The van der Waals surface area contributed by atoms with Crippen LogP contribution in [0.25, 0.3) is 0 Å². The summed E-state index contributed by atoms with van der Waals surface area (Å²) in [5, 5.41) is 0. The third-order valence-electron chi connectivity index (χ3n) is 2.96. The molecular formula is C12H15NO. The predicted octanol–water partition coefficient (Wildman–Crippen LogP) is 2.14. The topological polar surface area (TPSA) is 43.1 Å². The van der Waals surface area contributed by atoms with Gasteiger partial charge < -0.3 is 5.73 Å². The second kappa shape index (κ2) is 3.54. The normalized spacial score (nSPS) is 18.6. The molecular weight excluding hydrogens is 174 g/mol. The van der Waals surface area contributed by atoms with Crippen molar-refractivity contribution in [3.63, 3.8) is 0 Å². The highest BCUT2D eigenvalue weighted by molar-refractivity contribution is 5.96. The predicted molar refractivity (Wildman–Crippen MR) is 56.2 cm³/mol. The zero-order chi connectivity index (χ0) is 10.0. The molecule has 2 N–H and O–H groups in total. The molecule has 0 radical (unpaired) electrons. The zero-order valence-corrected chi connectivity index (χ0v) is 8.20. The van der Waals surface area contributed by atoms with Crippen molar-refractivity contribution in [3.05, 3.63) is 35.9 Å². The molecule has 0 heterocycles. The van der Waals surface area contributed by atoms with E-state index < -0.39 is 0 Å². The Balaban J connectivity index is 2.03. The molecule has 74 valence electrons. The highest BCUT2D eigenvalue weighted by Gasteiger charge is 2.34. The third kappa shape index (κ3) is 1.85. The monoisotopic (exact) mass is 189 g/mol. The summed E-state index contributed by atoms with van der Waals surface area (Å²) in [6.45, 7) is 0. The Morgan fingerprint density at radius 1 is 1.29 bits per heavy atom. The van der Waals surface area contributed by atoms with E-state index in [2.05, 4.69) is 0 Å². The molecule has 0 spiro atoms. The molecule has 0 amide bonds. The summed E-state index contributed by atoms with van der Waals surface area (Å²) in [6.07, 6.45) is 3.65. The summed E-state index contributed by atoms with van der Waals surface area (Å²) in [5.41, 5.74) is 6.60. The zero-order valence-electron chi connectivity index (χ0n) is 8.20. The maximum absolute atomic E-state index is 11.8. The number of benzene rings is 1. The number of rotatable bonds is 3. The van der Waals surface area contributed by atoms with E-state index in [0.29, 0.717) is 6.42 Å². The van der Waals surface area contributed by atoms with E-state index in [9.17, 15) is 4.79 Å². The molecule has 1 saturated carbocycles. The number of nitrogens with two attached hydrogens (primary N) is 1. The molecule has 1 aromatic carbocycles. The summed E-state index contributed by atoms with van der Waals surface area (Å²) < 4.78 is 0. The van der Waals surface area contributed by atoms with Crippen molar-refractivity contribution in [2.75, 3.05) is 0 Å². The van der Waals surface area contributed by atoms with Crippen LogP contribution in [0.5, 0.6) is 0 Å². The molecule has 2 rings (SSSR count). The van der Waals surface area contributed by atoms with Crippen molar-refractivity contribution in [1.29, 1.82) is 0 Å². The number of ketones is 1. The number of Topliss-reactive ketones (excluding diaryl/α,β-unsaturated/α-hetero) is 1. The van der Waals surface area contributed by atoms with Gasteiger partial charge in [-0.15, -0.1) is 0 Å². The van der Waals surface area contributed by atoms with Crippen LogP contribution in [0, 0.1) is 0 Å². The van der Waals surface area contributed by atoms with E-state index >= 15 is 0 Å². The molecule has 0 aromatic heterocycles. The minimum Gasteiger partial charge on any atom is -0.325 e. The lowest BCUT2D eigenvalue weighted by Gasteiger charge is -2.37. The van der Waals surface area contributed by atoms with Crippen LogP contribution < -0.4 is 5.73 Å². The third-order valence-corrected chi connectivity index (χ3v) is 2.96. The van der Waals surface area contributed by atoms with Crippen LogP contribution in [0.2, 0.25) is 0 Å². The maximum Gasteiger partial charge on any atom is 0.164 e. The molecule has 2 heteroatoms. The summed E-state index contributed by atoms with van der Waals surface area (Å²) >= 11 is 0. The fraction of sp³-hybridized carbons (Fsp3) is 0.417. The average molecular weight is 189 g/mol. The summed E-state index contributed by atoms with van der Waals surface area (Å²) in [6, 6.07) is 9.39. The van der Waals surface area contributed by atoms with E-state index in [1.165, 1.54) is 6.42 Å². The lowest BCUT2D eigenvalue weighted by atomic mass is 9.74. The van der Waals surface area contributed by atoms with Gasteiger partial charge >= 0.3 is 0 Å². The minimum absolute atomic E-state index is 0.174. The largest absolute Gasteiger partial charge is 0.325 e. The van der Waals surface area contributed by atoms with Gasteiger partial charge in [0.05, 0.1) is 0 Å². The van der Waals surface area contributed by atoms with Gasteiger partial charge in [-0.05, 0) is 19.3 Å². The number of carbonyl (C=O) groups excluding carboxylic acids is 1. The van der Waals surface area contributed by atoms with Gasteiger partial charge in [0, 0.05) is 17.5 Å². The van der Waals surface area contributed by atoms with Crippen LogP contribution in [0.3, 0.4) is 0 Å². The number of hydrogen-bond acceptors (Lipinski definition) is 2. The molecule has 0 aliphatic heterocycles. The van der Waals surface area contributed by atoms with Crippen molar-refractivity contribution in [2.45, 2.75) is 31.2 Å². The molecule has 1 aromatic rings. The molecule has 0 saturated heterocycles. The van der Waals surface area contributed by atoms with Gasteiger partial charge in [-0.25, -0.2) is 0 Å². The molecule has 1 aliphatic rings. The number of carbonyl (C=O) groups is 1. The van der Waals surface area contributed by atoms with Crippen molar-refractivity contribution in [1.82, 2.24) is 0 Å². The SMILES string of the molecule is NC1(CC(=O)c2ccccc2)CCC1. The molecule has 0 atom stereocenters. The summed E-state index contributed by atoms with van der Waals surface area (Å²) in [5.74, 6) is 0.174. The van der Waals surface area contributed by atoms with Crippen molar-refractivity contribution in [2.24, 2.45) is 5.73 Å². The fourth-order valence-electron chi connectivity index (χ4n) is 1.85. The Morgan fingerprint density at radius 2 is 1.93 bits per heavy atom. The van der Waals surface area contributed by atoms with Crippen LogP contribution in [0.4, 0.5) is 0 Å². The van der Waals surface area contributed by atoms with Crippen LogP contribution >= 0.6 is 0 Å². The van der Waals surface area contributed by atoms with Crippen LogP contribution in [0.15, 0.2) is 30.3 Å². The number of hydrogen-bond donors (Lipinski definition) is 1. The van der Waals surface area contributed by atoms with E-state index in [1.54, 1.807) is 0 Å².